The van der Waals surface area contributed by atoms with E-state index in [4.69, 9.17) is 5.73 Å². The Morgan fingerprint density at radius 2 is 1.74 bits per heavy atom. The molecule has 0 saturated carbocycles. The topological polar surface area (TPSA) is 105 Å². The molecular weight excluding hydrogens is 411 g/mol. The molecule has 10 heteroatoms. The molecule has 1 aliphatic rings. The summed E-state index contributed by atoms with van der Waals surface area (Å²) in [7, 11) is -3.65. The maximum atomic E-state index is 12.2. The van der Waals surface area contributed by atoms with Crippen LogP contribution in [0.3, 0.4) is 0 Å². The first kappa shape index (κ1) is 25.5. The second-order valence-electron chi connectivity index (χ2n) is 6.16. The van der Waals surface area contributed by atoms with Gasteiger partial charge in [0.1, 0.15) is 0 Å². The number of anilines is 1. The number of nitrogens with one attached hydrogen (secondary N) is 1. The number of rotatable bonds is 6. The van der Waals surface area contributed by atoms with Crippen LogP contribution in [0.4, 0.5) is 5.69 Å². The van der Waals surface area contributed by atoms with E-state index < -0.39 is 21.9 Å². The molecule has 2 rings (SSSR count). The van der Waals surface area contributed by atoms with Gasteiger partial charge in [0.15, 0.2) is 0 Å². The van der Waals surface area contributed by atoms with Crippen LogP contribution >= 0.6 is 24.8 Å². The van der Waals surface area contributed by atoms with Gasteiger partial charge in [-0.1, -0.05) is 13.3 Å². The SMILES string of the molecule is CCCCS(=O)(=O)/N=C(\N)NC(=O)c1ccc(N2CCCCC2)cc1.Cl.Cl. The first-order valence-electron chi connectivity index (χ1n) is 8.66. The van der Waals surface area contributed by atoms with Crippen molar-refractivity contribution in [2.45, 2.75) is 39.0 Å². The van der Waals surface area contributed by atoms with Crippen molar-refractivity contribution < 1.29 is 13.2 Å². The first-order valence-corrected chi connectivity index (χ1v) is 10.3. The van der Waals surface area contributed by atoms with Crippen LogP contribution in [0.1, 0.15) is 49.4 Å². The van der Waals surface area contributed by atoms with Crippen LogP contribution in [-0.4, -0.2) is 39.1 Å². The zero-order valence-corrected chi connectivity index (χ0v) is 17.8. The second-order valence-corrected chi connectivity index (χ2v) is 7.92. The number of nitrogens with zero attached hydrogens (tertiary/aromatic N) is 2. The van der Waals surface area contributed by atoms with E-state index in [1.807, 2.05) is 19.1 Å². The lowest BCUT2D eigenvalue weighted by Crippen LogP contribution is -2.37. The van der Waals surface area contributed by atoms with E-state index in [0.29, 0.717) is 12.0 Å². The molecule has 1 saturated heterocycles. The Labute approximate surface area is 173 Å². The Morgan fingerprint density at radius 1 is 1.15 bits per heavy atom. The monoisotopic (exact) mass is 438 g/mol. The quantitative estimate of drug-likeness (QED) is 0.524. The minimum atomic E-state index is -3.65. The third-order valence-corrected chi connectivity index (χ3v) is 5.37. The van der Waals surface area contributed by atoms with Gasteiger partial charge in [-0.05, 0) is 49.9 Å². The highest BCUT2D eigenvalue weighted by atomic mass is 35.5. The number of piperidine rings is 1. The molecule has 0 aromatic heterocycles. The van der Waals surface area contributed by atoms with Gasteiger partial charge < -0.3 is 10.6 Å². The number of amides is 1. The number of halogens is 2. The van der Waals surface area contributed by atoms with Gasteiger partial charge >= 0.3 is 0 Å². The maximum absolute atomic E-state index is 12.2. The molecule has 0 unspecified atom stereocenters. The summed E-state index contributed by atoms with van der Waals surface area (Å²) in [6, 6.07) is 7.20. The second kappa shape index (κ2) is 12.0. The number of nitrogens with two attached hydrogens (primary N) is 1. The van der Waals surface area contributed by atoms with Crippen LogP contribution in [0, 0.1) is 0 Å². The Hall–Kier alpha value is -1.51. The minimum Gasteiger partial charge on any atom is -0.372 e. The van der Waals surface area contributed by atoms with Crippen LogP contribution < -0.4 is 16.0 Å². The lowest BCUT2D eigenvalue weighted by atomic mass is 10.1. The van der Waals surface area contributed by atoms with E-state index in [2.05, 4.69) is 14.6 Å². The molecule has 0 radical (unpaired) electrons. The zero-order chi connectivity index (χ0) is 18.3. The number of unbranched alkanes of at least 4 members (excludes halogenated alkanes) is 1. The number of hydrogen-bond acceptors (Lipinski definition) is 4. The van der Waals surface area contributed by atoms with Crippen molar-refractivity contribution in [1.29, 1.82) is 0 Å². The highest BCUT2D eigenvalue weighted by Gasteiger charge is 2.14. The van der Waals surface area contributed by atoms with Crippen molar-refractivity contribution in [1.82, 2.24) is 5.32 Å². The van der Waals surface area contributed by atoms with Crippen LogP contribution in [-0.2, 0) is 10.0 Å². The lowest BCUT2D eigenvalue weighted by Gasteiger charge is -2.28. The van der Waals surface area contributed by atoms with Gasteiger partial charge in [0, 0.05) is 24.3 Å². The number of benzene rings is 1. The lowest BCUT2D eigenvalue weighted by molar-refractivity contribution is 0.0977. The van der Waals surface area contributed by atoms with Crippen LogP contribution in [0.25, 0.3) is 0 Å². The normalized spacial score (nSPS) is 14.7. The van der Waals surface area contributed by atoms with Crippen molar-refractivity contribution in [2.24, 2.45) is 10.1 Å². The van der Waals surface area contributed by atoms with E-state index in [9.17, 15) is 13.2 Å². The molecule has 0 aliphatic carbocycles. The molecule has 0 atom stereocenters. The largest absolute Gasteiger partial charge is 0.372 e. The predicted molar refractivity (Wildman–Crippen MR) is 115 cm³/mol. The van der Waals surface area contributed by atoms with Crippen molar-refractivity contribution in [3.05, 3.63) is 29.8 Å². The Morgan fingerprint density at radius 3 is 2.30 bits per heavy atom. The van der Waals surface area contributed by atoms with E-state index >= 15 is 0 Å². The molecule has 1 aliphatic heterocycles. The van der Waals surface area contributed by atoms with Crippen LogP contribution in [0.2, 0.25) is 0 Å². The molecular formula is C17H28Cl2N4O3S. The molecule has 1 heterocycles. The van der Waals surface area contributed by atoms with Gasteiger partial charge in [-0.25, -0.2) is 8.42 Å². The van der Waals surface area contributed by atoms with E-state index in [1.54, 1.807) is 12.1 Å². The number of carbonyl (C=O) groups is 1. The molecule has 0 bridgehead atoms. The summed E-state index contributed by atoms with van der Waals surface area (Å²) in [6.45, 7) is 3.94. The van der Waals surface area contributed by atoms with Crippen molar-refractivity contribution in [2.75, 3.05) is 23.7 Å². The summed E-state index contributed by atoms with van der Waals surface area (Å²) in [5.41, 5.74) is 7.04. The van der Waals surface area contributed by atoms with E-state index in [0.717, 1.165) is 25.2 Å². The van der Waals surface area contributed by atoms with Gasteiger partial charge in [-0.15, -0.1) is 29.2 Å². The fraction of sp³-hybridized carbons (Fsp3) is 0.529. The number of guanidine groups is 1. The van der Waals surface area contributed by atoms with E-state index in [1.165, 1.54) is 19.3 Å². The molecule has 1 fully saturated rings. The van der Waals surface area contributed by atoms with E-state index in [-0.39, 0.29) is 30.6 Å². The highest BCUT2D eigenvalue weighted by molar-refractivity contribution is 7.90. The molecule has 1 aromatic carbocycles. The van der Waals surface area contributed by atoms with Crippen LogP contribution in [0.5, 0.6) is 0 Å². The molecule has 1 amide bonds. The Balaban J connectivity index is 0.00000338. The molecule has 3 N–H and O–H groups in total. The number of sulfonamides is 1. The first-order chi connectivity index (χ1) is 11.9. The fourth-order valence-corrected chi connectivity index (χ4v) is 3.80. The Kier molecular flexibility index (Phi) is 11.4. The number of hydrogen-bond donors (Lipinski definition) is 2. The average Bonchev–Trinajstić information content (AvgIpc) is 2.60. The average molecular weight is 439 g/mol. The highest BCUT2D eigenvalue weighted by Crippen LogP contribution is 2.20. The molecule has 27 heavy (non-hydrogen) atoms. The summed E-state index contributed by atoms with van der Waals surface area (Å²) in [6.07, 6.45) is 4.87. The van der Waals surface area contributed by atoms with Gasteiger partial charge in [0.2, 0.25) is 5.96 Å². The summed E-state index contributed by atoms with van der Waals surface area (Å²) < 4.78 is 26.9. The molecule has 154 valence electrons. The molecule has 0 spiro atoms. The fourth-order valence-electron chi connectivity index (χ4n) is 2.71. The van der Waals surface area contributed by atoms with Crippen molar-refractivity contribution in [3.8, 4) is 0 Å². The summed E-state index contributed by atoms with van der Waals surface area (Å²) in [4.78, 5) is 14.5. The van der Waals surface area contributed by atoms with Crippen molar-refractivity contribution >= 4 is 52.4 Å². The summed E-state index contributed by atoms with van der Waals surface area (Å²) in [5.74, 6) is -0.955. The third-order valence-electron chi connectivity index (χ3n) is 4.09. The van der Waals surface area contributed by atoms with Gasteiger partial charge in [0.25, 0.3) is 15.9 Å². The summed E-state index contributed by atoms with van der Waals surface area (Å²) in [5, 5.41) is 2.32. The molecule has 1 aromatic rings. The van der Waals surface area contributed by atoms with Gasteiger partial charge in [0.05, 0.1) is 5.75 Å². The third kappa shape index (κ3) is 8.36. The minimum absolute atomic E-state index is 0. The van der Waals surface area contributed by atoms with Gasteiger partial charge in [-0.3, -0.25) is 10.1 Å². The summed E-state index contributed by atoms with van der Waals surface area (Å²) >= 11 is 0. The molecule has 7 nitrogen and oxygen atoms in total. The standard InChI is InChI=1S/C17H26N4O3S.2ClH/c1-2-3-13-25(23,24)20-17(18)19-16(22)14-7-9-15(10-8-14)21-11-5-4-6-12-21;;/h7-10H,2-6,11-13H2,1H3,(H3,18,19,20,22);2*1H. The van der Waals surface area contributed by atoms with Crippen LogP contribution in [0.15, 0.2) is 28.7 Å². The Bertz CT molecular complexity index is 718. The zero-order valence-electron chi connectivity index (χ0n) is 15.4. The number of carbonyl (C=O) groups excluding carboxylic acids is 1. The van der Waals surface area contributed by atoms with Crippen molar-refractivity contribution in [3.63, 3.8) is 0 Å². The predicted octanol–water partition coefficient (Wildman–Crippen LogP) is 2.69. The van der Waals surface area contributed by atoms with Gasteiger partial charge in [-0.2, -0.15) is 0 Å². The smallest absolute Gasteiger partial charge is 0.257 e. The maximum Gasteiger partial charge on any atom is 0.257 e.